The number of hydrogen-bond donors (Lipinski definition) is 1. The van der Waals surface area contributed by atoms with Gasteiger partial charge >= 0.3 is 0 Å². The van der Waals surface area contributed by atoms with Crippen molar-refractivity contribution >= 4 is 0 Å². The number of aromatic nitrogens is 4. The van der Waals surface area contributed by atoms with Gasteiger partial charge in [0.25, 0.3) is 6.33 Å². The van der Waals surface area contributed by atoms with Crippen molar-refractivity contribution in [1.29, 1.82) is 0 Å². The summed E-state index contributed by atoms with van der Waals surface area (Å²) in [5, 5.41) is 9.77. The molecule has 6 heavy (non-hydrogen) atoms. The summed E-state index contributed by atoms with van der Waals surface area (Å²) in [6, 6.07) is 0. The zero-order valence-corrected chi connectivity index (χ0v) is 3.42. The molecular weight excluding hydrogens is 80.1 g/mol. The summed E-state index contributed by atoms with van der Waals surface area (Å²) in [6.07, 6.45) is 1.44. The van der Waals surface area contributed by atoms with Crippen molar-refractivity contribution in [1.82, 2.24) is 15.4 Å². The Labute approximate surface area is 34.8 Å². The third-order valence-electron chi connectivity index (χ3n) is 0.485. The maximum atomic E-state index is 3.67. The Balaban J connectivity index is 3.05. The third-order valence-corrected chi connectivity index (χ3v) is 0.485. The molecule has 0 unspecified atom stereocenters. The second-order valence-electron chi connectivity index (χ2n) is 0.984. The van der Waals surface area contributed by atoms with Crippen LogP contribution in [0.2, 0.25) is 0 Å². The summed E-state index contributed by atoms with van der Waals surface area (Å²) in [4.78, 5) is 1.51. The number of aryl methyl sites for hydroxylation is 1. The molecule has 0 atom stereocenters. The molecule has 0 aromatic carbocycles. The quantitative estimate of drug-likeness (QED) is 0.395. The minimum absolute atomic E-state index is 1.44. The topological polar surface area (TPSA) is 45.5 Å². The Morgan fingerprint density at radius 2 is 2.67 bits per heavy atom. The fourth-order valence-corrected chi connectivity index (χ4v) is 0.238. The smallest absolute Gasteiger partial charge is 0.0655 e. The molecule has 0 aliphatic carbocycles. The van der Waals surface area contributed by atoms with Crippen LogP contribution in [0.3, 0.4) is 0 Å². The van der Waals surface area contributed by atoms with Crippen LogP contribution in [-0.2, 0) is 7.05 Å². The predicted molar refractivity (Wildman–Crippen MR) is 17.6 cm³/mol. The number of H-pyrrole nitrogens is 1. The molecule has 0 bridgehead atoms. The molecular formula is C2H5N4+. The molecule has 0 aliphatic heterocycles. The van der Waals surface area contributed by atoms with Crippen molar-refractivity contribution < 1.29 is 4.80 Å². The van der Waals surface area contributed by atoms with E-state index < -0.39 is 0 Å². The fourth-order valence-electron chi connectivity index (χ4n) is 0.238. The fraction of sp³-hybridized carbons (Fsp3) is 0.500. The highest BCUT2D eigenvalue weighted by Crippen LogP contribution is 1.41. The maximum Gasteiger partial charge on any atom is 0.296 e. The highest BCUT2D eigenvalue weighted by Gasteiger charge is 1.82. The van der Waals surface area contributed by atoms with Crippen LogP contribution in [0.15, 0.2) is 6.33 Å². The van der Waals surface area contributed by atoms with Gasteiger partial charge in [0.2, 0.25) is 0 Å². The van der Waals surface area contributed by atoms with Crippen LogP contribution in [-0.4, -0.2) is 15.4 Å². The molecule has 0 amide bonds. The van der Waals surface area contributed by atoms with E-state index in [0.717, 1.165) is 0 Å². The zero-order chi connectivity index (χ0) is 4.41. The van der Waals surface area contributed by atoms with Gasteiger partial charge in [-0.2, -0.15) is 0 Å². The SMILES string of the molecule is C[n+]1ncn[nH]1. The molecule has 1 aromatic heterocycles. The molecule has 1 rings (SSSR count). The van der Waals surface area contributed by atoms with Crippen molar-refractivity contribution in [2.45, 2.75) is 0 Å². The van der Waals surface area contributed by atoms with Crippen molar-refractivity contribution in [2.24, 2.45) is 7.05 Å². The Hall–Kier alpha value is -0.930. The van der Waals surface area contributed by atoms with E-state index in [1.807, 2.05) is 0 Å². The molecule has 4 nitrogen and oxygen atoms in total. The normalized spacial score (nSPS) is 8.83. The highest BCUT2D eigenvalue weighted by molar-refractivity contribution is 4.18. The monoisotopic (exact) mass is 85.1 g/mol. The summed E-state index contributed by atoms with van der Waals surface area (Å²) in [6.45, 7) is 0. The minimum atomic E-state index is 1.44. The average Bonchev–Trinajstić information content (AvgIpc) is 1.86. The number of nitrogens with zero attached hydrogens (tertiary/aromatic N) is 3. The van der Waals surface area contributed by atoms with Gasteiger partial charge < -0.3 is 0 Å². The van der Waals surface area contributed by atoms with Gasteiger partial charge in [0.15, 0.2) is 0 Å². The lowest BCUT2D eigenvalue weighted by Gasteiger charge is -1.63. The van der Waals surface area contributed by atoms with Crippen molar-refractivity contribution in [3.8, 4) is 0 Å². The van der Waals surface area contributed by atoms with Crippen LogP contribution >= 0.6 is 0 Å². The summed E-state index contributed by atoms with van der Waals surface area (Å²) in [7, 11) is 1.77. The van der Waals surface area contributed by atoms with Crippen LogP contribution in [0.1, 0.15) is 0 Å². The second kappa shape index (κ2) is 1.04. The highest BCUT2D eigenvalue weighted by atomic mass is 15.6. The van der Waals surface area contributed by atoms with E-state index in [4.69, 9.17) is 0 Å². The second-order valence-corrected chi connectivity index (χ2v) is 0.984. The minimum Gasteiger partial charge on any atom is -0.0655 e. The predicted octanol–water partition coefficient (Wildman–Crippen LogP) is -1.37. The van der Waals surface area contributed by atoms with Crippen molar-refractivity contribution in [2.75, 3.05) is 0 Å². The van der Waals surface area contributed by atoms with E-state index in [1.165, 1.54) is 11.1 Å². The van der Waals surface area contributed by atoms with Crippen LogP contribution in [0, 0.1) is 0 Å². The van der Waals surface area contributed by atoms with E-state index in [2.05, 4.69) is 15.4 Å². The van der Waals surface area contributed by atoms with Crippen LogP contribution < -0.4 is 4.80 Å². The van der Waals surface area contributed by atoms with Gasteiger partial charge in [0.1, 0.15) is 7.05 Å². The molecule has 0 aliphatic rings. The van der Waals surface area contributed by atoms with E-state index in [-0.39, 0.29) is 0 Å². The van der Waals surface area contributed by atoms with Crippen molar-refractivity contribution in [3.05, 3.63) is 6.33 Å². The van der Waals surface area contributed by atoms with E-state index >= 15 is 0 Å². The molecule has 0 radical (unpaired) electrons. The number of hydrogen-bond acceptors (Lipinski definition) is 2. The molecule has 4 heteroatoms. The maximum absolute atomic E-state index is 3.67. The summed E-state index contributed by atoms with van der Waals surface area (Å²) >= 11 is 0. The summed E-state index contributed by atoms with van der Waals surface area (Å²) in [5.74, 6) is 0. The Morgan fingerprint density at radius 3 is 2.83 bits per heavy atom. The van der Waals surface area contributed by atoms with Gasteiger partial charge in [-0.3, -0.25) is 0 Å². The molecule has 0 spiro atoms. The zero-order valence-electron chi connectivity index (χ0n) is 3.42. The lowest BCUT2D eigenvalue weighted by molar-refractivity contribution is -0.784. The first-order valence-electron chi connectivity index (χ1n) is 1.61. The molecule has 32 valence electrons. The van der Waals surface area contributed by atoms with Crippen molar-refractivity contribution in [3.63, 3.8) is 0 Å². The van der Waals surface area contributed by atoms with Crippen LogP contribution in [0.25, 0.3) is 0 Å². The molecule has 0 saturated heterocycles. The van der Waals surface area contributed by atoms with E-state index in [9.17, 15) is 0 Å². The van der Waals surface area contributed by atoms with E-state index in [1.54, 1.807) is 7.05 Å². The third kappa shape index (κ3) is 0.357. The van der Waals surface area contributed by atoms with Gasteiger partial charge in [-0.05, 0) is 10.3 Å². The number of tetrazole rings is 1. The average molecular weight is 85.1 g/mol. The lowest BCUT2D eigenvalue weighted by atomic mass is 11.4. The Bertz CT molecular complexity index is 109. The lowest BCUT2D eigenvalue weighted by Crippen LogP contribution is -2.33. The summed E-state index contributed by atoms with van der Waals surface area (Å²) in [5.41, 5.74) is 0. The van der Waals surface area contributed by atoms with Gasteiger partial charge in [0, 0.05) is 0 Å². The molecule has 0 fully saturated rings. The first-order valence-corrected chi connectivity index (χ1v) is 1.61. The first kappa shape index (κ1) is 3.27. The van der Waals surface area contributed by atoms with Crippen LogP contribution in [0.5, 0.6) is 0 Å². The Morgan fingerprint density at radius 1 is 1.83 bits per heavy atom. The molecule has 1 N–H and O–H groups in total. The molecule has 1 aromatic rings. The first-order chi connectivity index (χ1) is 2.89. The van der Waals surface area contributed by atoms with Gasteiger partial charge in [-0.1, -0.05) is 4.80 Å². The van der Waals surface area contributed by atoms with Gasteiger partial charge in [0.05, 0.1) is 5.10 Å². The standard InChI is InChI=1S/C2H4N4/c1-6-4-2-3-5-6/h2H,1H3/p+1. The number of rotatable bonds is 0. The van der Waals surface area contributed by atoms with E-state index in [0.29, 0.717) is 0 Å². The largest absolute Gasteiger partial charge is 0.296 e. The number of nitrogens with one attached hydrogen (secondary N) is 1. The van der Waals surface area contributed by atoms with Crippen LogP contribution in [0.4, 0.5) is 0 Å². The summed E-state index contributed by atoms with van der Waals surface area (Å²) < 4.78 is 0. The Kier molecular flexibility index (Phi) is 0.567. The number of aromatic amines is 1. The molecule has 1 heterocycles. The molecule has 0 saturated carbocycles. The van der Waals surface area contributed by atoms with Gasteiger partial charge in [-0.25, -0.2) is 0 Å². The van der Waals surface area contributed by atoms with Gasteiger partial charge in [-0.15, -0.1) is 0 Å².